The number of hydrogen-bond acceptors (Lipinski definition) is 3. The third-order valence-electron chi connectivity index (χ3n) is 6.13. The predicted molar refractivity (Wildman–Crippen MR) is 90.2 cm³/mol. The first-order valence-electron chi connectivity index (χ1n) is 8.98. The molecule has 124 valence electrons. The van der Waals surface area contributed by atoms with Gasteiger partial charge in [-0.2, -0.15) is 0 Å². The Morgan fingerprint density at radius 3 is 2.30 bits per heavy atom. The lowest BCUT2D eigenvalue weighted by Gasteiger charge is -2.53. The lowest BCUT2D eigenvalue weighted by molar-refractivity contribution is -0.175. The van der Waals surface area contributed by atoms with E-state index in [2.05, 4.69) is 30.9 Å². The van der Waals surface area contributed by atoms with E-state index in [1.54, 1.807) is 0 Å². The van der Waals surface area contributed by atoms with Gasteiger partial charge in [0, 0.05) is 6.54 Å². The second kappa shape index (κ2) is 5.34. The van der Waals surface area contributed by atoms with Crippen LogP contribution in [0.5, 0.6) is 0 Å². The van der Waals surface area contributed by atoms with Crippen molar-refractivity contribution < 1.29 is 9.53 Å². The van der Waals surface area contributed by atoms with Crippen LogP contribution in [-0.4, -0.2) is 36.6 Å². The Balaban J connectivity index is 1.54. The van der Waals surface area contributed by atoms with Gasteiger partial charge < -0.3 is 4.74 Å². The summed E-state index contributed by atoms with van der Waals surface area (Å²) in [6.45, 7) is 7.78. The first-order valence-corrected chi connectivity index (χ1v) is 8.98. The summed E-state index contributed by atoms with van der Waals surface area (Å²) < 4.78 is 6.10. The number of nitrogens with zero attached hydrogens (tertiary/aromatic N) is 1. The molecule has 3 nitrogen and oxygen atoms in total. The van der Waals surface area contributed by atoms with Gasteiger partial charge in [-0.15, -0.1) is 0 Å². The van der Waals surface area contributed by atoms with Crippen LogP contribution in [0, 0.1) is 11.3 Å². The summed E-state index contributed by atoms with van der Waals surface area (Å²) in [6, 6.07) is 10.3. The molecule has 0 amide bonds. The minimum Gasteiger partial charge on any atom is -0.460 e. The zero-order valence-corrected chi connectivity index (χ0v) is 14.3. The number of carbonyl (C=O) groups is 1. The highest BCUT2D eigenvalue weighted by molar-refractivity contribution is 5.85. The molecule has 0 aromatic heterocycles. The van der Waals surface area contributed by atoms with Gasteiger partial charge >= 0.3 is 5.97 Å². The van der Waals surface area contributed by atoms with Crippen LogP contribution in [0.2, 0.25) is 0 Å². The van der Waals surface area contributed by atoms with Gasteiger partial charge in [-0.1, -0.05) is 44.2 Å². The molecule has 0 N–H and O–H groups in total. The molecule has 3 heteroatoms. The smallest absolute Gasteiger partial charge is 0.316 e. The monoisotopic (exact) mass is 313 g/mol. The zero-order chi connectivity index (χ0) is 16.1. The van der Waals surface area contributed by atoms with Gasteiger partial charge in [0.2, 0.25) is 0 Å². The molecule has 2 bridgehead atoms. The van der Waals surface area contributed by atoms with Gasteiger partial charge in [-0.25, -0.2) is 0 Å². The third kappa shape index (κ3) is 2.59. The van der Waals surface area contributed by atoms with Crippen LogP contribution in [0.3, 0.4) is 0 Å². The molecule has 3 heterocycles. The van der Waals surface area contributed by atoms with E-state index in [9.17, 15) is 4.79 Å². The maximum absolute atomic E-state index is 13.1. The SMILES string of the molecule is CC1(C)CC(C(=O)OC2CN3CCC2CC3)(c2ccccc2)C1. The predicted octanol–water partition coefficient (Wildman–Crippen LogP) is 3.38. The molecule has 1 aromatic rings. The zero-order valence-electron chi connectivity index (χ0n) is 14.3. The van der Waals surface area contributed by atoms with Gasteiger partial charge in [0.15, 0.2) is 0 Å². The Morgan fingerprint density at radius 2 is 1.78 bits per heavy atom. The summed E-state index contributed by atoms with van der Waals surface area (Å²) in [6.07, 6.45) is 4.26. The van der Waals surface area contributed by atoms with E-state index in [0.717, 1.165) is 24.9 Å². The largest absolute Gasteiger partial charge is 0.460 e. The minimum atomic E-state index is -0.420. The average molecular weight is 313 g/mol. The number of carbonyl (C=O) groups excluding carboxylic acids is 1. The first-order chi connectivity index (χ1) is 11.0. The summed E-state index contributed by atoms with van der Waals surface area (Å²) in [5, 5.41) is 0. The number of rotatable bonds is 3. The summed E-state index contributed by atoms with van der Waals surface area (Å²) in [7, 11) is 0. The molecule has 0 radical (unpaired) electrons. The van der Waals surface area contributed by atoms with E-state index in [0.29, 0.717) is 5.92 Å². The molecule has 1 aromatic carbocycles. The van der Waals surface area contributed by atoms with Gasteiger partial charge in [-0.05, 0) is 55.7 Å². The van der Waals surface area contributed by atoms with Crippen molar-refractivity contribution in [2.45, 2.75) is 51.0 Å². The van der Waals surface area contributed by atoms with Crippen molar-refractivity contribution in [3.8, 4) is 0 Å². The molecule has 3 saturated heterocycles. The standard InChI is InChI=1S/C20H27NO2/c1-19(2)13-20(14-19,16-6-4-3-5-7-16)18(22)23-17-12-21-10-8-15(17)9-11-21/h3-7,15,17H,8-14H2,1-2H3. The van der Waals surface area contributed by atoms with Crippen LogP contribution in [0.4, 0.5) is 0 Å². The van der Waals surface area contributed by atoms with E-state index in [4.69, 9.17) is 4.74 Å². The first kappa shape index (κ1) is 15.2. The van der Waals surface area contributed by atoms with Gasteiger partial charge in [0.05, 0.1) is 5.41 Å². The molecular formula is C20H27NO2. The highest BCUT2D eigenvalue weighted by Gasteiger charge is 2.57. The number of ether oxygens (including phenoxy) is 1. The van der Waals surface area contributed by atoms with Crippen molar-refractivity contribution in [3.63, 3.8) is 0 Å². The average Bonchev–Trinajstić information content (AvgIpc) is 2.54. The van der Waals surface area contributed by atoms with Crippen LogP contribution in [-0.2, 0) is 14.9 Å². The maximum Gasteiger partial charge on any atom is 0.316 e. The molecule has 3 aliphatic heterocycles. The summed E-state index contributed by atoms with van der Waals surface area (Å²) in [4.78, 5) is 15.6. The third-order valence-corrected chi connectivity index (χ3v) is 6.13. The van der Waals surface area contributed by atoms with Crippen LogP contribution in [0.15, 0.2) is 30.3 Å². The molecule has 4 fully saturated rings. The fourth-order valence-corrected chi connectivity index (χ4v) is 5.10. The Hall–Kier alpha value is -1.35. The van der Waals surface area contributed by atoms with Gasteiger partial charge in [0.1, 0.15) is 6.10 Å². The normalized spacial score (nSPS) is 33.7. The fraction of sp³-hybridized carbons (Fsp3) is 0.650. The molecule has 1 aliphatic carbocycles. The van der Waals surface area contributed by atoms with E-state index < -0.39 is 5.41 Å². The number of fused-ring (bicyclic) bond motifs is 3. The van der Waals surface area contributed by atoms with Crippen LogP contribution in [0.1, 0.15) is 45.1 Å². The van der Waals surface area contributed by atoms with Crippen molar-refractivity contribution in [1.82, 2.24) is 4.90 Å². The Morgan fingerprint density at radius 1 is 1.13 bits per heavy atom. The Kier molecular flexibility index (Phi) is 3.53. The van der Waals surface area contributed by atoms with E-state index >= 15 is 0 Å². The van der Waals surface area contributed by atoms with Crippen molar-refractivity contribution in [1.29, 1.82) is 0 Å². The molecule has 4 aliphatic rings. The van der Waals surface area contributed by atoms with Crippen molar-refractivity contribution in [3.05, 3.63) is 35.9 Å². The van der Waals surface area contributed by atoms with Gasteiger partial charge in [0.25, 0.3) is 0 Å². The fourth-order valence-electron chi connectivity index (χ4n) is 5.10. The second-order valence-electron chi connectivity index (χ2n) is 8.55. The quantitative estimate of drug-likeness (QED) is 0.801. The van der Waals surface area contributed by atoms with E-state index in [1.807, 2.05) is 18.2 Å². The van der Waals surface area contributed by atoms with Crippen molar-refractivity contribution >= 4 is 5.97 Å². The topological polar surface area (TPSA) is 29.5 Å². The lowest BCUT2D eigenvalue weighted by Crippen LogP contribution is -2.57. The van der Waals surface area contributed by atoms with Crippen LogP contribution < -0.4 is 0 Å². The summed E-state index contributed by atoms with van der Waals surface area (Å²) in [5.41, 5.74) is 0.936. The number of hydrogen-bond donors (Lipinski definition) is 0. The second-order valence-corrected chi connectivity index (χ2v) is 8.55. The van der Waals surface area contributed by atoms with Crippen LogP contribution >= 0.6 is 0 Å². The van der Waals surface area contributed by atoms with Crippen molar-refractivity contribution in [2.24, 2.45) is 11.3 Å². The lowest BCUT2D eigenvalue weighted by atomic mass is 9.52. The molecule has 1 atom stereocenters. The number of benzene rings is 1. The Bertz CT molecular complexity index is 579. The summed E-state index contributed by atoms with van der Waals surface area (Å²) in [5.74, 6) is 0.589. The molecule has 23 heavy (non-hydrogen) atoms. The number of piperidine rings is 3. The molecule has 5 rings (SSSR count). The number of esters is 1. The highest BCUT2D eigenvalue weighted by atomic mass is 16.5. The van der Waals surface area contributed by atoms with Crippen molar-refractivity contribution in [2.75, 3.05) is 19.6 Å². The van der Waals surface area contributed by atoms with Gasteiger partial charge in [-0.3, -0.25) is 9.69 Å². The Labute approximate surface area is 139 Å². The molecule has 1 unspecified atom stereocenters. The maximum atomic E-state index is 13.1. The highest BCUT2D eigenvalue weighted by Crippen LogP contribution is 2.56. The minimum absolute atomic E-state index is 0.0155. The molecule has 0 spiro atoms. The molecule has 1 saturated carbocycles. The van der Waals surface area contributed by atoms with E-state index in [1.165, 1.54) is 25.9 Å². The van der Waals surface area contributed by atoms with Crippen LogP contribution in [0.25, 0.3) is 0 Å². The van der Waals surface area contributed by atoms with E-state index in [-0.39, 0.29) is 17.5 Å². The summed E-state index contributed by atoms with van der Waals surface area (Å²) >= 11 is 0. The molecular weight excluding hydrogens is 286 g/mol.